The lowest BCUT2D eigenvalue weighted by Crippen LogP contribution is -2.48. The van der Waals surface area contributed by atoms with Gasteiger partial charge in [-0.15, -0.1) is 0 Å². The molecule has 17 heavy (non-hydrogen) atoms. The van der Waals surface area contributed by atoms with Crippen molar-refractivity contribution in [2.24, 2.45) is 5.92 Å². The number of ketones is 1. The number of carbonyl (C=O) groups is 1. The van der Waals surface area contributed by atoms with Crippen LogP contribution in [0.15, 0.2) is 0 Å². The maximum Gasteiger partial charge on any atom is 0.137 e. The molecular formula is C14H25NO2. The molecule has 1 aliphatic carbocycles. The zero-order valence-corrected chi connectivity index (χ0v) is 11.0. The number of piperidine rings is 1. The molecule has 2 rings (SSSR count). The summed E-state index contributed by atoms with van der Waals surface area (Å²) in [7, 11) is 1.75. The first kappa shape index (κ1) is 13.0. The van der Waals surface area contributed by atoms with Crippen LogP contribution in [0.1, 0.15) is 44.9 Å². The van der Waals surface area contributed by atoms with Crippen molar-refractivity contribution >= 4 is 5.78 Å². The zero-order valence-electron chi connectivity index (χ0n) is 11.0. The van der Waals surface area contributed by atoms with Crippen molar-refractivity contribution in [3.8, 4) is 0 Å². The fourth-order valence-electron chi connectivity index (χ4n) is 3.38. The molecule has 2 atom stereocenters. The first-order valence-electron chi connectivity index (χ1n) is 7.08. The second kappa shape index (κ2) is 6.50. The smallest absolute Gasteiger partial charge is 0.137 e. The van der Waals surface area contributed by atoms with Gasteiger partial charge in [-0.25, -0.2) is 0 Å². The molecule has 1 saturated carbocycles. The van der Waals surface area contributed by atoms with E-state index in [1.807, 2.05) is 0 Å². The highest BCUT2D eigenvalue weighted by Crippen LogP contribution is 2.31. The van der Waals surface area contributed by atoms with Crippen LogP contribution < -0.4 is 0 Å². The third-order valence-corrected chi connectivity index (χ3v) is 4.31. The highest BCUT2D eigenvalue weighted by Gasteiger charge is 2.34. The Hall–Kier alpha value is -0.410. The molecule has 2 fully saturated rings. The van der Waals surface area contributed by atoms with E-state index < -0.39 is 0 Å². The monoisotopic (exact) mass is 239 g/mol. The molecule has 1 aliphatic heterocycles. The summed E-state index contributed by atoms with van der Waals surface area (Å²) in [5.74, 6) is 0.839. The van der Waals surface area contributed by atoms with Crippen LogP contribution in [0.25, 0.3) is 0 Å². The zero-order chi connectivity index (χ0) is 12.1. The van der Waals surface area contributed by atoms with Crippen molar-refractivity contribution in [1.82, 2.24) is 4.90 Å². The Morgan fingerprint density at radius 3 is 2.82 bits per heavy atom. The van der Waals surface area contributed by atoms with Gasteiger partial charge in [0.25, 0.3) is 0 Å². The van der Waals surface area contributed by atoms with Crippen LogP contribution in [-0.4, -0.2) is 43.5 Å². The Bertz CT molecular complexity index is 255. The summed E-state index contributed by atoms with van der Waals surface area (Å²) < 4.78 is 5.18. The van der Waals surface area contributed by atoms with Crippen LogP contribution in [0.5, 0.6) is 0 Å². The molecule has 0 spiro atoms. The van der Waals surface area contributed by atoms with E-state index >= 15 is 0 Å². The first-order chi connectivity index (χ1) is 8.33. The molecule has 0 bridgehead atoms. The van der Waals surface area contributed by atoms with Crippen molar-refractivity contribution < 1.29 is 9.53 Å². The van der Waals surface area contributed by atoms with Gasteiger partial charge in [0, 0.05) is 32.0 Å². The highest BCUT2D eigenvalue weighted by molar-refractivity contribution is 5.82. The second-order valence-corrected chi connectivity index (χ2v) is 5.41. The van der Waals surface area contributed by atoms with Crippen LogP contribution in [0.2, 0.25) is 0 Å². The van der Waals surface area contributed by atoms with E-state index in [4.69, 9.17) is 4.74 Å². The van der Waals surface area contributed by atoms with Gasteiger partial charge in [-0.2, -0.15) is 0 Å². The van der Waals surface area contributed by atoms with E-state index in [0.717, 1.165) is 39.0 Å². The molecule has 0 radical (unpaired) electrons. The lowest BCUT2D eigenvalue weighted by atomic mass is 9.79. The van der Waals surface area contributed by atoms with Gasteiger partial charge in [-0.1, -0.05) is 12.8 Å². The Morgan fingerprint density at radius 2 is 2.06 bits per heavy atom. The van der Waals surface area contributed by atoms with Crippen molar-refractivity contribution in [3.63, 3.8) is 0 Å². The van der Waals surface area contributed by atoms with Crippen molar-refractivity contribution in [2.75, 3.05) is 26.8 Å². The number of carbonyl (C=O) groups excluding carboxylic acids is 1. The standard InChI is InChI=1S/C14H25NO2/c1-17-11-10-15-9-5-4-7-13(15)12-6-2-3-8-14(12)16/h12-13H,2-11H2,1H3. The minimum absolute atomic E-state index is 0.320. The SMILES string of the molecule is COCCN1CCCCC1C1CCCCC1=O. The van der Waals surface area contributed by atoms with Gasteiger partial charge in [0.2, 0.25) is 0 Å². The van der Waals surface area contributed by atoms with E-state index in [9.17, 15) is 4.79 Å². The van der Waals surface area contributed by atoms with E-state index in [2.05, 4.69) is 4.90 Å². The second-order valence-electron chi connectivity index (χ2n) is 5.41. The number of nitrogens with zero attached hydrogens (tertiary/aromatic N) is 1. The van der Waals surface area contributed by atoms with Crippen molar-refractivity contribution in [3.05, 3.63) is 0 Å². The average molecular weight is 239 g/mol. The molecule has 3 heteroatoms. The maximum atomic E-state index is 12.1. The molecule has 0 aromatic carbocycles. The van der Waals surface area contributed by atoms with Crippen LogP contribution >= 0.6 is 0 Å². The molecule has 2 unspecified atom stereocenters. The summed E-state index contributed by atoms with van der Waals surface area (Å²) in [5, 5.41) is 0. The predicted octanol–water partition coefficient (Wildman–Crippen LogP) is 2.25. The molecule has 0 N–H and O–H groups in total. The highest BCUT2D eigenvalue weighted by atomic mass is 16.5. The topological polar surface area (TPSA) is 29.5 Å². The number of ether oxygens (including phenoxy) is 1. The van der Waals surface area contributed by atoms with Crippen molar-refractivity contribution in [1.29, 1.82) is 0 Å². The molecule has 98 valence electrons. The molecule has 0 amide bonds. The van der Waals surface area contributed by atoms with E-state index in [1.54, 1.807) is 7.11 Å². The first-order valence-corrected chi connectivity index (χ1v) is 7.08. The van der Waals surface area contributed by atoms with Gasteiger partial charge in [0.05, 0.1) is 6.61 Å². The van der Waals surface area contributed by atoms with E-state index in [-0.39, 0.29) is 0 Å². The minimum atomic E-state index is 0.320. The quantitative estimate of drug-likeness (QED) is 0.753. The van der Waals surface area contributed by atoms with Gasteiger partial charge < -0.3 is 4.74 Å². The molecule has 0 aromatic rings. The third-order valence-electron chi connectivity index (χ3n) is 4.31. The summed E-state index contributed by atoms with van der Waals surface area (Å²) >= 11 is 0. The van der Waals surface area contributed by atoms with Crippen molar-refractivity contribution in [2.45, 2.75) is 51.0 Å². The number of hydrogen-bond acceptors (Lipinski definition) is 3. The Balaban J connectivity index is 1.96. The lowest BCUT2D eigenvalue weighted by molar-refractivity contribution is -0.127. The molecule has 0 aromatic heterocycles. The lowest BCUT2D eigenvalue weighted by Gasteiger charge is -2.41. The van der Waals surface area contributed by atoms with Gasteiger partial charge in [0.15, 0.2) is 0 Å². The minimum Gasteiger partial charge on any atom is -0.383 e. The third kappa shape index (κ3) is 3.29. The van der Waals surface area contributed by atoms with Gasteiger partial charge in [0.1, 0.15) is 5.78 Å². The fourth-order valence-corrected chi connectivity index (χ4v) is 3.38. The summed E-state index contributed by atoms with van der Waals surface area (Å²) in [6.45, 7) is 2.93. The molecular weight excluding hydrogens is 214 g/mol. The van der Waals surface area contributed by atoms with Gasteiger partial charge in [-0.3, -0.25) is 9.69 Å². The molecule has 3 nitrogen and oxygen atoms in total. The fraction of sp³-hybridized carbons (Fsp3) is 0.929. The van der Waals surface area contributed by atoms with Crippen LogP contribution in [0, 0.1) is 5.92 Å². The van der Waals surface area contributed by atoms with Crippen LogP contribution in [-0.2, 0) is 9.53 Å². The Kier molecular flexibility index (Phi) is 4.99. The maximum absolute atomic E-state index is 12.1. The number of likely N-dealkylation sites (tertiary alicyclic amines) is 1. The summed E-state index contributed by atoms with van der Waals surface area (Å²) in [6.07, 6.45) is 8.07. The Labute approximate surface area is 105 Å². The van der Waals surface area contributed by atoms with Gasteiger partial charge >= 0.3 is 0 Å². The normalized spacial score (nSPS) is 31.7. The predicted molar refractivity (Wildman–Crippen MR) is 68.1 cm³/mol. The molecule has 2 aliphatic rings. The largest absolute Gasteiger partial charge is 0.383 e. The number of methoxy groups -OCH3 is 1. The van der Waals surface area contributed by atoms with Crippen LogP contribution in [0.3, 0.4) is 0 Å². The number of rotatable bonds is 4. The molecule has 1 heterocycles. The summed E-state index contributed by atoms with van der Waals surface area (Å²) in [6, 6.07) is 0.506. The van der Waals surface area contributed by atoms with Gasteiger partial charge in [-0.05, 0) is 32.2 Å². The summed E-state index contributed by atoms with van der Waals surface area (Å²) in [5.41, 5.74) is 0. The summed E-state index contributed by atoms with van der Waals surface area (Å²) in [4.78, 5) is 14.6. The molecule has 1 saturated heterocycles. The van der Waals surface area contributed by atoms with Crippen LogP contribution in [0.4, 0.5) is 0 Å². The number of hydrogen-bond donors (Lipinski definition) is 0. The van der Waals surface area contributed by atoms with E-state index in [0.29, 0.717) is 17.7 Å². The van der Waals surface area contributed by atoms with E-state index in [1.165, 1.54) is 25.7 Å². The number of Topliss-reactive ketones (excluding diaryl/α,β-unsaturated/α-hetero) is 1. The average Bonchev–Trinajstić information content (AvgIpc) is 2.37. The Morgan fingerprint density at radius 1 is 1.24 bits per heavy atom.